The highest BCUT2D eigenvalue weighted by Gasteiger charge is 2.16. The summed E-state index contributed by atoms with van der Waals surface area (Å²) in [6, 6.07) is 0. The number of nitrogens with zero attached hydrogens (tertiary/aromatic N) is 1. The van der Waals surface area contributed by atoms with Gasteiger partial charge in [0.05, 0.1) is 12.8 Å². The van der Waals surface area contributed by atoms with Crippen LogP contribution in [0.1, 0.15) is 19.8 Å². The van der Waals surface area contributed by atoms with Gasteiger partial charge in [0.1, 0.15) is 0 Å². The largest absolute Gasteiger partial charge is 0.487 e. The number of hydrogen-bond donors (Lipinski definition) is 0. The molecule has 0 aliphatic heterocycles. The first-order chi connectivity index (χ1) is 6.66. The summed E-state index contributed by atoms with van der Waals surface area (Å²) >= 11 is 0. The summed E-state index contributed by atoms with van der Waals surface area (Å²) in [5.41, 5.74) is 0. The molecule has 0 radical (unpaired) electrons. The third kappa shape index (κ3) is 2.37. The van der Waals surface area contributed by atoms with Crippen molar-refractivity contribution in [3.05, 3.63) is 23.8 Å². The number of ether oxygens (including phenoxy) is 1. The van der Waals surface area contributed by atoms with E-state index >= 15 is 0 Å². The molecular formula is C9H10F3NO. The van der Waals surface area contributed by atoms with E-state index < -0.39 is 23.3 Å². The van der Waals surface area contributed by atoms with Gasteiger partial charge in [-0.25, -0.2) is 9.37 Å². The molecule has 0 atom stereocenters. The lowest BCUT2D eigenvalue weighted by molar-refractivity contribution is 0.269. The Morgan fingerprint density at radius 3 is 2.71 bits per heavy atom. The summed E-state index contributed by atoms with van der Waals surface area (Å²) in [4.78, 5) is 2.87. The lowest BCUT2D eigenvalue weighted by Gasteiger charge is -2.06. The molecule has 0 aliphatic rings. The zero-order chi connectivity index (χ0) is 10.6. The van der Waals surface area contributed by atoms with Crippen molar-refractivity contribution in [3.8, 4) is 5.75 Å². The SMILES string of the molecule is CCCCOc1c(F)cnc(F)c1F. The highest BCUT2D eigenvalue weighted by molar-refractivity contribution is 5.23. The van der Waals surface area contributed by atoms with E-state index in [0.717, 1.165) is 6.42 Å². The van der Waals surface area contributed by atoms with Crippen molar-refractivity contribution in [3.63, 3.8) is 0 Å². The number of hydrogen-bond acceptors (Lipinski definition) is 2. The number of pyridine rings is 1. The maximum Gasteiger partial charge on any atom is 0.253 e. The molecule has 1 rings (SSSR count). The zero-order valence-electron chi connectivity index (χ0n) is 7.69. The Bertz CT molecular complexity index is 317. The van der Waals surface area contributed by atoms with Crippen LogP contribution in [0.5, 0.6) is 5.75 Å². The molecule has 0 aliphatic carbocycles. The average molecular weight is 205 g/mol. The molecule has 0 fully saturated rings. The zero-order valence-corrected chi connectivity index (χ0v) is 7.69. The van der Waals surface area contributed by atoms with Crippen molar-refractivity contribution < 1.29 is 17.9 Å². The van der Waals surface area contributed by atoms with Crippen LogP contribution in [0.4, 0.5) is 13.2 Å². The van der Waals surface area contributed by atoms with E-state index in [1.807, 2.05) is 6.92 Å². The van der Waals surface area contributed by atoms with Gasteiger partial charge in [-0.1, -0.05) is 13.3 Å². The fourth-order valence-corrected chi connectivity index (χ4v) is 0.878. The van der Waals surface area contributed by atoms with Crippen molar-refractivity contribution in [2.24, 2.45) is 0 Å². The molecule has 14 heavy (non-hydrogen) atoms. The Balaban J connectivity index is 2.79. The highest BCUT2D eigenvalue weighted by atomic mass is 19.2. The summed E-state index contributed by atoms with van der Waals surface area (Å²) in [7, 11) is 0. The Morgan fingerprint density at radius 1 is 1.36 bits per heavy atom. The van der Waals surface area contributed by atoms with Crippen LogP contribution in [0, 0.1) is 17.6 Å². The van der Waals surface area contributed by atoms with Gasteiger partial charge in [0.25, 0.3) is 5.95 Å². The monoisotopic (exact) mass is 205 g/mol. The van der Waals surface area contributed by atoms with Gasteiger partial charge >= 0.3 is 0 Å². The molecule has 2 nitrogen and oxygen atoms in total. The first-order valence-corrected chi connectivity index (χ1v) is 4.29. The highest BCUT2D eigenvalue weighted by Crippen LogP contribution is 2.22. The van der Waals surface area contributed by atoms with E-state index in [2.05, 4.69) is 4.98 Å². The molecule has 0 amide bonds. The van der Waals surface area contributed by atoms with E-state index in [9.17, 15) is 13.2 Å². The maximum atomic E-state index is 12.9. The van der Waals surface area contributed by atoms with Gasteiger partial charge in [-0.3, -0.25) is 0 Å². The molecule has 1 aromatic heterocycles. The van der Waals surface area contributed by atoms with Crippen LogP contribution in [-0.4, -0.2) is 11.6 Å². The standard InChI is InChI=1S/C9H10F3NO/c1-2-3-4-14-8-6(10)5-13-9(12)7(8)11/h5H,2-4H2,1H3. The summed E-state index contributed by atoms with van der Waals surface area (Å²) in [6.45, 7) is 2.07. The molecule has 0 bridgehead atoms. The minimum Gasteiger partial charge on any atom is -0.487 e. The molecule has 0 spiro atoms. The van der Waals surface area contributed by atoms with E-state index in [0.29, 0.717) is 12.6 Å². The van der Waals surface area contributed by atoms with Gasteiger partial charge in [-0.2, -0.15) is 8.78 Å². The van der Waals surface area contributed by atoms with Crippen molar-refractivity contribution in [2.45, 2.75) is 19.8 Å². The molecule has 78 valence electrons. The second kappa shape index (κ2) is 4.83. The fraction of sp³-hybridized carbons (Fsp3) is 0.444. The summed E-state index contributed by atoms with van der Waals surface area (Å²) in [5.74, 6) is -4.40. The van der Waals surface area contributed by atoms with Crippen LogP contribution in [0.3, 0.4) is 0 Å². The second-order valence-corrected chi connectivity index (χ2v) is 2.74. The second-order valence-electron chi connectivity index (χ2n) is 2.74. The molecule has 0 unspecified atom stereocenters. The Hall–Kier alpha value is -1.26. The summed E-state index contributed by atoms with van der Waals surface area (Å²) in [6.07, 6.45) is 2.08. The molecular weight excluding hydrogens is 195 g/mol. The van der Waals surface area contributed by atoms with Gasteiger partial charge in [0.2, 0.25) is 5.82 Å². The number of halogens is 3. The van der Waals surface area contributed by atoms with Gasteiger partial charge in [-0.05, 0) is 6.42 Å². The lowest BCUT2D eigenvalue weighted by atomic mass is 10.3. The van der Waals surface area contributed by atoms with Crippen molar-refractivity contribution in [1.82, 2.24) is 4.98 Å². The molecule has 5 heteroatoms. The van der Waals surface area contributed by atoms with Crippen LogP contribution >= 0.6 is 0 Å². The fourth-order valence-electron chi connectivity index (χ4n) is 0.878. The van der Waals surface area contributed by atoms with Crippen molar-refractivity contribution >= 4 is 0 Å². The van der Waals surface area contributed by atoms with Crippen molar-refractivity contribution in [1.29, 1.82) is 0 Å². The van der Waals surface area contributed by atoms with Gasteiger partial charge in [0, 0.05) is 0 Å². The maximum absolute atomic E-state index is 12.9. The molecule has 1 aromatic rings. The Kier molecular flexibility index (Phi) is 3.73. The lowest BCUT2D eigenvalue weighted by Crippen LogP contribution is -2.04. The molecule has 1 heterocycles. The molecule has 0 aromatic carbocycles. The predicted molar refractivity (Wildman–Crippen MR) is 44.5 cm³/mol. The van der Waals surface area contributed by atoms with E-state index in [1.165, 1.54) is 0 Å². The third-order valence-corrected chi connectivity index (χ3v) is 1.63. The Labute approximate surface area is 79.7 Å². The van der Waals surface area contributed by atoms with Crippen LogP contribution < -0.4 is 4.74 Å². The first-order valence-electron chi connectivity index (χ1n) is 4.29. The summed E-state index contributed by atoms with van der Waals surface area (Å²) in [5, 5.41) is 0. The van der Waals surface area contributed by atoms with Crippen molar-refractivity contribution in [2.75, 3.05) is 6.61 Å². The molecule has 0 saturated heterocycles. The van der Waals surface area contributed by atoms with Crippen LogP contribution in [0.25, 0.3) is 0 Å². The van der Waals surface area contributed by atoms with E-state index in [4.69, 9.17) is 4.74 Å². The van der Waals surface area contributed by atoms with Gasteiger partial charge in [0.15, 0.2) is 11.6 Å². The molecule has 0 N–H and O–H groups in total. The topological polar surface area (TPSA) is 22.1 Å². The van der Waals surface area contributed by atoms with Gasteiger partial charge in [-0.15, -0.1) is 0 Å². The minimum absolute atomic E-state index is 0.161. The number of aromatic nitrogens is 1. The third-order valence-electron chi connectivity index (χ3n) is 1.63. The quantitative estimate of drug-likeness (QED) is 0.557. The Morgan fingerprint density at radius 2 is 2.07 bits per heavy atom. The van der Waals surface area contributed by atoms with Gasteiger partial charge < -0.3 is 4.74 Å². The average Bonchev–Trinajstić information content (AvgIpc) is 2.18. The normalized spacial score (nSPS) is 10.3. The van der Waals surface area contributed by atoms with Crippen LogP contribution in [0.15, 0.2) is 6.20 Å². The number of rotatable bonds is 4. The van der Waals surface area contributed by atoms with Crippen LogP contribution in [-0.2, 0) is 0 Å². The molecule has 0 saturated carbocycles. The first kappa shape index (κ1) is 10.8. The minimum atomic E-state index is -1.37. The summed E-state index contributed by atoms with van der Waals surface area (Å²) < 4.78 is 43.0. The van der Waals surface area contributed by atoms with E-state index in [1.54, 1.807) is 0 Å². The van der Waals surface area contributed by atoms with Crippen LogP contribution in [0.2, 0.25) is 0 Å². The smallest absolute Gasteiger partial charge is 0.253 e. The predicted octanol–water partition coefficient (Wildman–Crippen LogP) is 2.68. The van der Waals surface area contributed by atoms with E-state index in [-0.39, 0.29) is 6.61 Å². The number of unbranched alkanes of at least 4 members (excludes halogenated alkanes) is 1.